The Labute approximate surface area is 177 Å². The van der Waals surface area contributed by atoms with Gasteiger partial charge in [0.2, 0.25) is 0 Å². The Morgan fingerprint density at radius 1 is 0.900 bits per heavy atom. The quantitative estimate of drug-likeness (QED) is 0.566. The molecule has 0 saturated carbocycles. The molecule has 4 rings (SSSR count). The van der Waals surface area contributed by atoms with E-state index in [-0.39, 0.29) is 0 Å². The summed E-state index contributed by atoms with van der Waals surface area (Å²) < 4.78 is 12.6. The molecule has 1 aliphatic rings. The summed E-state index contributed by atoms with van der Waals surface area (Å²) in [4.78, 5) is 4.84. The first kappa shape index (κ1) is 20.2. The predicted octanol–water partition coefficient (Wildman–Crippen LogP) is 2.26. The van der Waals surface area contributed by atoms with E-state index in [0.717, 1.165) is 68.6 Å². The summed E-state index contributed by atoms with van der Waals surface area (Å²) in [5.41, 5.74) is 2.45. The highest BCUT2D eigenvalue weighted by atomic mass is 16.5. The monoisotopic (exact) mass is 408 g/mol. The first-order valence-electron chi connectivity index (χ1n) is 10.2. The normalized spacial score (nSPS) is 14.7. The van der Waals surface area contributed by atoms with Crippen molar-refractivity contribution in [2.24, 2.45) is 0 Å². The molecule has 158 valence electrons. The third kappa shape index (κ3) is 4.71. The van der Waals surface area contributed by atoms with Gasteiger partial charge in [-0.1, -0.05) is 24.3 Å². The zero-order chi connectivity index (χ0) is 20.8. The lowest BCUT2D eigenvalue weighted by Gasteiger charge is -2.35. The minimum Gasteiger partial charge on any atom is -0.493 e. The van der Waals surface area contributed by atoms with Crippen molar-refractivity contribution in [2.45, 2.75) is 19.5 Å². The van der Waals surface area contributed by atoms with Crippen molar-refractivity contribution in [1.29, 1.82) is 0 Å². The van der Waals surface area contributed by atoms with Gasteiger partial charge in [0.05, 0.1) is 20.8 Å². The molecule has 0 radical (unpaired) electrons. The van der Waals surface area contributed by atoms with E-state index < -0.39 is 0 Å². The van der Waals surface area contributed by atoms with Crippen LogP contribution in [0.2, 0.25) is 0 Å². The molecule has 0 bridgehead atoms. The van der Waals surface area contributed by atoms with Gasteiger partial charge in [0, 0.05) is 38.4 Å². The summed E-state index contributed by atoms with van der Waals surface area (Å²) in [6.07, 6.45) is 0.820. The summed E-state index contributed by atoms with van der Waals surface area (Å²) in [5, 5.41) is 12.4. The van der Waals surface area contributed by atoms with Gasteiger partial charge in [0.1, 0.15) is 0 Å². The van der Waals surface area contributed by atoms with Crippen LogP contribution in [0.1, 0.15) is 11.4 Å². The molecule has 0 amide bonds. The van der Waals surface area contributed by atoms with Gasteiger partial charge in [0.15, 0.2) is 17.3 Å². The zero-order valence-electron chi connectivity index (χ0n) is 17.6. The van der Waals surface area contributed by atoms with E-state index in [4.69, 9.17) is 9.47 Å². The van der Waals surface area contributed by atoms with Crippen molar-refractivity contribution in [1.82, 2.24) is 25.1 Å². The van der Waals surface area contributed by atoms with Crippen LogP contribution in [0.4, 0.5) is 5.69 Å². The van der Waals surface area contributed by atoms with E-state index in [1.165, 1.54) is 5.69 Å². The smallest absolute Gasteiger partial charge is 0.165 e. The number of hydrogen-bond donors (Lipinski definition) is 0. The van der Waals surface area contributed by atoms with Gasteiger partial charge in [-0.3, -0.25) is 4.90 Å². The van der Waals surface area contributed by atoms with E-state index in [9.17, 15) is 0 Å². The average Bonchev–Trinajstić information content (AvgIpc) is 3.25. The molecular formula is C22H28N6O2. The summed E-state index contributed by atoms with van der Waals surface area (Å²) >= 11 is 0. The number of benzene rings is 2. The lowest BCUT2D eigenvalue weighted by Crippen LogP contribution is -2.46. The number of rotatable bonds is 8. The van der Waals surface area contributed by atoms with Crippen molar-refractivity contribution in [3.8, 4) is 11.5 Å². The minimum atomic E-state index is 0.724. The Kier molecular flexibility index (Phi) is 6.44. The SMILES string of the molecule is COc1ccc(CCn2nnnc2CN2CCN(c3ccccc3)CC2)cc1OC. The van der Waals surface area contributed by atoms with Gasteiger partial charge in [-0.15, -0.1) is 5.10 Å². The first-order chi connectivity index (χ1) is 14.8. The van der Waals surface area contributed by atoms with E-state index >= 15 is 0 Å². The van der Waals surface area contributed by atoms with E-state index in [2.05, 4.69) is 55.7 Å². The molecule has 30 heavy (non-hydrogen) atoms. The fourth-order valence-corrected chi connectivity index (χ4v) is 3.78. The minimum absolute atomic E-state index is 0.724. The van der Waals surface area contributed by atoms with Crippen molar-refractivity contribution < 1.29 is 9.47 Å². The highest BCUT2D eigenvalue weighted by Gasteiger charge is 2.19. The van der Waals surface area contributed by atoms with Crippen molar-refractivity contribution in [3.05, 3.63) is 59.9 Å². The van der Waals surface area contributed by atoms with Crippen LogP contribution in [-0.4, -0.2) is 65.5 Å². The molecule has 0 N–H and O–H groups in total. The number of tetrazole rings is 1. The van der Waals surface area contributed by atoms with Crippen LogP contribution in [0, 0.1) is 0 Å². The standard InChI is InChI=1S/C22H28N6O2/c1-29-20-9-8-18(16-21(20)30-2)10-11-28-22(23-24-25-28)17-26-12-14-27(15-13-26)19-6-4-3-5-7-19/h3-9,16H,10-15,17H2,1-2H3. The Morgan fingerprint density at radius 3 is 2.40 bits per heavy atom. The number of piperazine rings is 1. The Balaban J connectivity index is 1.32. The van der Waals surface area contributed by atoms with E-state index in [1.807, 2.05) is 22.9 Å². The fourth-order valence-electron chi connectivity index (χ4n) is 3.78. The van der Waals surface area contributed by atoms with Gasteiger partial charge in [0.25, 0.3) is 0 Å². The van der Waals surface area contributed by atoms with Crippen LogP contribution < -0.4 is 14.4 Å². The molecule has 2 heterocycles. The van der Waals surface area contributed by atoms with Gasteiger partial charge in [-0.25, -0.2) is 4.68 Å². The van der Waals surface area contributed by atoms with Gasteiger partial charge < -0.3 is 14.4 Å². The number of ether oxygens (including phenoxy) is 2. The molecular weight excluding hydrogens is 380 g/mol. The molecule has 0 aliphatic carbocycles. The van der Waals surface area contributed by atoms with Gasteiger partial charge in [-0.05, 0) is 46.7 Å². The topological polar surface area (TPSA) is 68.5 Å². The zero-order valence-corrected chi connectivity index (χ0v) is 17.6. The fraction of sp³-hybridized carbons (Fsp3) is 0.409. The second-order valence-corrected chi connectivity index (χ2v) is 7.36. The number of para-hydroxylation sites is 1. The van der Waals surface area contributed by atoms with Crippen LogP contribution >= 0.6 is 0 Å². The van der Waals surface area contributed by atoms with Crippen LogP contribution in [0.15, 0.2) is 48.5 Å². The number of hydrogen-bond acceptors (Lipinski definition) is 7. The summed E-state index contributed by atoms with van der Waals surface area (Å²) in [7, 11) is 3.29. The van der Waals surface area contributed by atoms with Crippen molar-refractivity contribution in [2.75, 3.05) is 45.3 Å². The Hall–Kier alpha value is -3.13. The number of aromatic nitrogens is 4. The van der Waals surface area contributed by atoms with Gasteiger partial charge >= 0.3 is 0 Å². The maximum absolute atomic E-state index is 5.40. The second kappa shape index (κ2) is 9.58. The molecule has 2 aromatic carbocycles. The maximum Gasteiger partial charge on any atom is 0.165 e. The van der Waals surface area contributed by atoms with Crippen LogP contribution in [-0.2, 0) is 19.5 Å². The molecule has 0 unspecified atom stereocenters. The maximum atomic E-state index is 5.40. The van der Waals surface area contributed by atoms with E-state index in [0.29, 0.717) is 0 Å². The predicted molar refractivity (Wildman–Crippen MR) is 115 cm³/mol. The highest BCUT2D eigenvalue weighted by Crippen LogP contribution is 2.27. The Bertz CT molecular complexity index is 938. The van der Waals surface area contributed by atoms with Crippen LogP contribution in [0.5, 0.6) is 11.5 Å². The highest BCUT2D eigenvalue weighted by molar-refractivity contribution is 5.46. The first-order valence-corrected chi connectivity index (χ1v) is 10.2. The number of methoxy groups -OCH3 is 2. The Morgan fingerprint density at radius 2 is 1.67 bits per heavy atom. The summed E-state index contributed by atoms with van der Waals surface area (Å²) in [6.45, 7) is 5.51. The van der Waals surface area contributed by atoms with Crippen molar-refractivity contribution in [3.63, 3.8) is 0 Å². The lowest BCUT2D eigenvalue weighted by atomic mass is 10.1. The second-order valence-electron chi connectivity index (χ2n) is 7.36. The van der Waals surface area contributed by atoms with Gasteiger partial charge in [-0.2, -0.15) is 0 Å². The number of aryl methyl sites for hydroxylation is 2. The molecule has 3 aromatic rings. The molecule has 1 saturated heterocycles. The van der Waals surface area contributed by atoms with E-state index in [1.54, 1.807) is 14.2 Å². The molecule has 8 heteroatoms. The number of anilines is 1. The summed E-state index contributed by atoms with van der Waals surface area (Å²) in [5.74, 6) is 2.38. The lowest BCUT2D eigenvalue weighted by molar-refractivity contribution is 0.239. The van der Waals surface area contributed by atoms with Crippen molar-refractivity contribution >= 4 is 5.69 Å². The number of nitrogens with zero attached hydrogens (tertiary/aromatic N) is 6. The average molecular weight is 409 g/mol. The third-order valence-electron chi connectivity index (χ3n) is 5.52. The molecule has 1 aromatic heterocycles. The van der Waals surface area contributed by atoms with Crippen LogP contribution in [0.25, 0.3) is 0 Å². The molecule has 0 atom stereocenters. The third-order valence-corrected chi connectivity index (χ3v) is 5.52. The largest absolute Gasteiger partial charge is 0.493 e. The molecule has 0 spiro atoms. The molecule has 1 fully saturated rings. The molecule has 8 nitrogen and oxygen atoms in total. The summed E-state index contributed by atoms with van der Waals surface area (Å²) in [6, 6.07) is 16.6. The van der Waals surface area contributed by atoms with Crippen LogP contribution in [0.3, 0.4) is 0 Å². The molecule has 1 aliphatic heterocycles.